The van der Waals surface area contributed by atoms with Gasteiger partial charge in [-0.1, -0.05) is 12.2 Å². The van der Waals surface area contributed by atoms with Crippen LogP contribution < -0.4 is 0 Å². The summed E-state index contributed by atoms with van der Waals surface area (Å²) in [5.74, 6) is -0.633. The molecule has 1 heterocycles. The van der Waals surface area contributed by atoms with Crippen molar-refractivity contribution in [1.29, 1.82) is 0 Å². The van der Waals surface area contributed by atoms with Gasteiger partial charge in [0.2, 0.25) is 5.91 Å². The van der Waals surface area contributed by atoms with Gasteiger partial charge in [-0.05, 0) is 12.9 Å². The first-order valence-electron chi connectivity index (χ1n) is 6.15. The van der Waals surface area contributed by atoms with Crippen LogP contribution in [0.2, 0.25) is 0 Å². The fraction of sp³-hybridized carbons (Fsp3) is 0.667. The van der Waals surface area contributed by atoms with Crippen molar-refractivity contribution >= 4 is 19.5 Å². The molecule has 0 aromatic carbocycles. The number of aliphatic hydroxyl groups is 2. The molecule has 18 heavy (non-hydrogen) atoms. The van der Waals surface area contributed by atoms with E-state index in [9.17, 15) is 4.79 Å². The van der Waals surface area contributed by atoms with E-state index in [2.05, 4.69) is 4.99 Å². The lowest BCUT2D eigenvalue weighted by atomic mass is 9.97. The summed E-state index contributed by atoms with van der Waals surface area (Å²) in [6.45, 7) is 0.704. The van der Waals surface area contributed by atoms with Crippen molar-refractivity contribution in [3.8, 4) is 0 Å². The minimum absolute atomic E-state index is 0.0287. The molecular formula is C12H19BN2O3. The van der Waals surface area contributed by atoms with Gasteiger partial charge in [-0.25, -0.2) is 0 Å². The van der Waals surface area contributed by atoms with Gasteiger partial charge < -0.3 is 15.1 Å². The smallest absolute Gasteiger partial charge is 0.234 e. The average molecular weight is 250 g/mol. The minimum Gasteiger partial charge on any atom is -0.396 e. The van der Waals surface area contributed by atoms with Crippen molar-refractivity contribution in [3.05, 3.63) is 12.2 Å². The highest BCUT2D eigenvalue weighted by Gasteiger charge is 2.25. The topological polar surface area (TPSA) is 73.1 Å². The number of carbonyl (C=O) groups is 1. The summed E-state index contributed by atoms with van der Waals surface area (Å²) in [6, 6.07) is 0. The Labute approximate surface area is 109 Å². The van der Waals surface area contributed by atoms with Crippen LogP contribution in [0.25, 0.3) is 0 Å². The Hall–Kier alpha value is -1.14. The molecule has 2 N–H and O–H groups in total. The van der Waals surface area contributed by atoms with E-state index in [1.165, 1.54) is 4.90 Å². The van der Waals surface area contributed by atoms with Crippen LogP contribution in [0.5, 0.6) is 0 Å². The van der Waals surface area contributed by atoms with Gasteiger partial charge in [0, 0.05) is 31.8 Å². The fourth-order valence-corrected chi connectivity index (χ4v) is 1.91. The van der Waals surface area contributed by atoms with Gasteiger partial charge in [-0.15, -0.1) is 0 Å². The number of aliphatic hydroxyl groups excluding tert-OH is 2. The lowest BCUT2D eigenvalue weighted by Crippen LogP contribution is -2.41. The predicted molar refractivity (Wildman–Crippen MR) is 70.7 cm³/mol. The molecule has 1 atom stereocenters. The number of hydrogen-bond acceptors (Lipinski definition) is 4. The fourth-order valence-electron chi connectivity index (χ4n) is 1.91. The van der Waals surface area contributed by atoms with Crippen molar-refractivity contribution in [3.63, 3.8) is 0 Å². The number of aliphatic imine (C=N–C) groups is 1. The molecule has 0 saturated carbocycles. The number of rotatable bonds is 6. The van der Waals surface area contributed by atoms with E-state index in [1.807, 2.05) is 12.2 Å². The predicted octanol–water partition coefficient (Wildman–Crippen LogP) is -0.667. The summed E-state index contributed by atoms with van der Waals surface area (Å²) in [5, 5.41) is 17.9. The van der Waals surface area contributed by atoms with Crippen LogP contribution in [0.15, 0.2) is 17.1 Å². The Morgan fingerprint density at radius 3 is 2.89 bits per heavy atom. The monoisotopic (exact) mass is 250 g/mol. The zero-order valence-electron chi connectivity index (χ0n) is 10.5. The average Bonchev–Trinajstić information content (AvgIpc) is 2.61. The second-order valence-corrected chi connectivity index (χ2v) is 4.05. The summed E-state index contributed by atoms with van der Waals surface area (Å²) in [7, 11) is 5.51. The van der Waals surface area contributed by atoms with Gasteiger partial charge in [-0.2, -0.15) is 0 Å². The first kappa shape index (κ1) is 14.9. The van der Waals surface area contributed by atoms with Crippen molar-refractivity contribution < 1.29 is 15.0 Å². The van der Waals surface area contributed by atoms with Gasteiger partial charge in [0.25, 0.3) is 0 Å². The maximum Gasteiger partial charge on any atom is 0.234 e. The normalized spacial score (nSPS) is 19.2. The molecule has 0 bridgehead atoms. The van der Waals surface area contributed by atoms with Crippen LogP contribution in [0.3, 0.4) is 0 Å². The van der Waals surface area contributed by atoms with Gasteiger partial charge in [-0.3, -0.25) is 9.79 Å². The lowest BCUT2D eigenvalue weighted by molar-refractivity contribution is -0.131. The molecule has 98 valence electrons. The highest BCUT2D eigenvalue weighted by molar-refractivity contribution is 6.12. The molecule has 0 aliphatic carbocycles. The highest BCUT2D eigenvalue weighted by atomic mass is 16.3. The molecule has 1 amide bonds. The third-order valence-corrected chi connectivity index (χ3v) is 2.83. The van der Waals surface area contributed by atoms with Crippen LogP contribution in [0.1, 0.15) is 12.8 Å². The van der Waals surface area contributed by atoms with Crippen molar-refractivity contribution in [2.45, 2.75) is 12.8 Å². The van der Waals surface area contributed by atoms with E-state index in [0.29, 0.717) is 18.7 Å². The van der Waals surface area contributed by atoms with Crippen LogP contribution in [0, 0.1) is 5.92 Å². The van der Waals surface area contributed by atoms with Gasteiger partial charge in [0.15, 0.2) is 0 Å². The van der Waals surface area contributed by atoms with Gasteiger partial charge >= 0.3 is 0 Å². The Balaban J connectivity index is 2.84. The van der Waals surface area contributed by atoms with Gasteiger partial charge in [0.05, 0.1) is 20.4 Å². The molecule has 1 rings (SSSR count). The second-order valence-electron chi connectivity index (χ2n) is 4.05. The standard InChI is InChI=1S/C12H19BN2O3/c13-9-15(6-8-17)12(18)10-3-1-2-5-14-11(10)4-7-16/h1,3,10,16-17H,2,4-9H2/t10-/m0/s1. The van der Waals surface area contributed by atoms with Crippen LogP contribution in [-0.4, -0.2) is 67.3 Å². The molecule has 0 aromatic rings. The van der Waals surface area contributed by atoms with Gasteiger partial charge in [0.1, 0.15) is 0 Å². The Bertz CT molecular complexity index is 331. The van der Waals surface area contributed by atoms with Crippen LogP contribution in [0.4, 0.5) is 0 Å². The highest BCUT2D eigenvalue weighted by Crippen LogP contribution is 2.14. The maximum absolute atomic E-state index is 12.3. The Morgan fingerprint density at radius 1 is 1.50 bits per heavy atom. The number of nitrogens with zero attached hydrogens (tertiary/aromatic N) is 2. The largest absolute Gasteiger partial charge is 0.396 e. The molecule has 0 spiro atoms. The lowest BCUT2D eigenvalue weighted by Gasteiger charge is -2.25. The third kappa shape index (κ3) is 3.96. The van der Waals surface area contributed by atoms with Crippen molar-refractivity contribution in [2.75, 3.05) is 32.7 Å². The van der Waals surface area contributed by atoms with Crippen molar-refractivity contribution in [1.82, 2.24) is 4.90 Å². The summed E-state index contributed by atoms with van der Waals surface area (Å²) < 4.78 is 0. The number of carbonyl (C=O) groups excluding carboxylic acids is 1. The second kappa shape index (κ2) is 8.05. The molecule has 5 nitrogen and oxygen atoms in total. The summed E-state index contributed by atoms with van der Waals surface area (Å²) in [6.07, 6.45) is 4.98. The van der Waals surface area contributed by atoms with E-state index < -0.39 is 5.92 Å². The summed E-state index contributed by atoms with van der Waals surface area (Å²) in [5.41, 5.74) is 0.688. The quantitative estimate of drug-likeness (QED) is 0.485. The number of hydrogen-bond donors (Lipinski definition) is 2. The van der Waals surface area contributed by atoms with E-state index in [1.54, 1.807) is 0 Å². The van der Waals surface area contributed by atoms with E-state index >= 15 is 0 Å². The Kier molecular flexibility index (Phi) is 6.68. The van der Waals surface area contributed by atoms with E-state index in [0.717, 1.165) is 6.42 Å². The molecule has 1 aliphatic rings. The minimum atomic E-state index is -0.463. The maximum atomic E-state index is 12.3. The molecule has 0 saturated heterocycles. The molecule has 0 fully saturated rings. The molecule has 2 radical (unpaired) electrons. The molecule has 0 aromatic heterocycles. The zero-order chi connectivity index (χ0) is 13.4. The zero-order valence-corrected chi connectivity index (χ0v) is 10.5. The van der Waals surface area contributed by atoms with E-state index in [4.69, 9.17) is 18.1 Å². The number of amides is 1. The SMILES string of the molecule is [B]CN(CCO)C(=O)[C@H]1C=CCCN=C1CCO. The van der Waals surface area contributed by atoms with Crippen LogP contribution >= 0.6 is 0 Å². The Morgan fingerprint density at radius 2 is 2.28 bits per heavy atom. The first-order valence-corrected chi connectivity index (χ1v) is 6.15. The molecular weight excluding hydrogens is 231 g/mol. The third-order valence-electron chi connectivity index (χ3n) is 2.83. The van der Waals surface area contributed by atoms with Crippen LogP contribution in [-0.2, 0) is 4.79 Å². The summed E-state index contributed by atoms with van der Waals surface area (Å²) >= 11 is 0. The van der Waals surface area contributed by atoms with Crippen molar-refractivity contribution in [2.24, 2.45) is 10.9 Å². The molecule has 0 unspecified atom stereocenters. The first-order chi connectivity index (χ1) is 8.74. The molecule has 1 aliphatic heterocycles. The van der Waals surface area contributed by atoms with E-state index in [-0.39, 0.29) is 32.1 Å². The summed E-state index contributed by atoms with van der Waals surface area (Å²) in [4.78, 5) is 18.0. The molecule has 6 heteroatoms.